The summed E-state index contributed by atoms with van der Waals surface area (Å²) < 4.78 is 0. The summed E-state index contributed by atoms with van der Waals surface area (Å²) in [6.07, 6.45) is 5.25. The van der Waals surface area contributed by atoms with E-state index in [1.54, 1.807) is 0 Å². The van der Waals surface area contributed by atoms with Crippen LogP contribution in [0, 0.1) is 5.92 Å². The molecular weight excluding hydrogens is 224 g/mol. The summed E-state index contributed by atoms with van der Waals surface area (Å²) in [6.45, 7) is 6.93. The van der Waals surface area contributed by atoms with Gasteiger partial charge >= 0.3 is 0 Å². The number of allylic oxidation sites excluding steroid dienone is 1. The van der Waals surface area contributed by atoms with Gasteiger partial charge in [-0.3, -0.25) is 4.79 Å². The van der Waals surface area contributed by atoms with Gasteiger partial charge in [0.15, 0.2) is 0 Å². The molecular formula is C12H23ClN2O. The summed E-state index contributed by atoms with van der Waals surface area (Å²) in [5.41, 5.74) is 0.839. The number of amides is 1. The molecule has 0 radical (unpaired) electrons. The molecule has 0 aliphatic carbocycles. The average Bonchev–Trinajstić information content (AvgIpc) is 2.27. The van der Waals surface area contributed by atoms with E-state index in [-0.39, 0.29) is 18.3 Å². The van der Waals surface area contributed by atoms with Crippen molar-refractivity contribution in [1.82, 2.24) is 10.6 Å². The summed E-state index contributed by atoms with van der Waals surface area (Å²) in [5, 5.41) is 6.32. The highest BCUT2D eigenvalue weighted by atomic mass is 35.5. The maximum absolute atomic E-state index is 11.6. The van der Waals surface area contributed by atoms with Crippen LogP contribution in [0.5, 0.6) is 0 Å². The Balaban J connectivity index is 0.00000225. The fourth-order valence-electron chi connectivity index (χ4n) is 1.86. The summed E-state index contributed by atoms with van der Waals surface area (Å²) in [4.78, 5) is 11.6. The normalized spacial score (nSPS) is 17.8. The molecule has 0 spiro atoms. The lowest BCUT2D eigenvalue weighted by atomic mass is 9.98. The van der Waals surface area contributed by atoms with Crippen LogP contribution in [0.1, 0.15) is 33.1 Å². The Morgan fingerprint density at radius 2 is 2.06 bits per heavy atom. The van der Waals surface area contributed by atoms with Gasteiger partial charge in [-0.15, -0.1) is 12.4 Å². The van der Waals surface area contributed by atoms with E-state index in [0.29, 0.717) is 5.92 Å². The minimum absolute atomic E-state index is 0. The molecule has 3 nitrogen and oxygen atoms in total. The van der Waals surface area contributed by atoms with Crippen molar-refractivity contribution in [2.24, 2.45) is 5.92 Å². The topological polar surface area (TPSA) is 41.1 Å². The zero-order valence-electron chi connectivity index (χ0n) is 10.2. The summed E-state index contributed by atoms with van der Waals surface area (Å²) >= 11 is 0. The van der Waals surface area contributed by atoms with E-state index in [1.807, 2.05) is 19.9 Å². The maximum atomic E-state index is 11.6. The molecule has 0 saturated carbocycles. The number of rotatable bonds is 4. The smallest absolute Gasteiger partial charge is 0.246 e. The van der Waals surface area contributed by atoms with Gasteiger partial charge in [0.1, 0.15) is 0 Å². The van der Waals surface area contributed by atoms with Crippen LogP contribution in [0.25, 0.3) is 0 Å². The molecule has 94 valence electrons. The molecule has 0 aromatic carbocycles. The molecule has 1 fully saturated rings. The number of halogens is 1. The number of hydrogen-bond acceptors (Lipinski definition) is 2. The van der Waals surface area contributed by atoms with Crippen LogP contribution in [-0.2, 0) is 4.79 Å². The van der Waals surface area contributed by atoms with Crippen molar-refractivity contribution in [3.8, 4) is 0 Å². The van der Waals surface area contributed by atoms with Crippen LogP contribution in [0.4, 0.5) is 0 Å². The third kappa shape index (κ3) is 5.52. The van der Waals surface area contributed by atoms with Gasteiger partial charge in [0, 0.05) is 12.1 Å². The van der Waals surface area contributed by atoms with E-state index in [9.17, 15) is 4.79 Å². The number of piperidine rings is 1. The maximum Gasteiger partial charge on any atom is 0.246 e. The lowest BCUT2D eigenvalue weighted by Crippen LogP contribution is -2.36. The molecule has 2 N–H and O–H groups in total. The van der Waals surface area contributed by atoms with Crippen LogP contribution in [-0.4, -0.2) is 25.5 Å². The Morgan fingerprint density at radius 3 is 2.62 bits per heavy atom. The lowest BCUT2D eigenvalue weighted by Gasteiger charge is -2.22. The van der Waals surface area contributed by atoms with Crippen molar-refractivity contribution in [3.05, 3.63) is 11.6 Å². The first-order valence-corrected chi connectivity index (χ1v) is 5.89. The third-order valence-corrected chi connectivity index (χ3v) is 2.88. The zero-order chi connectivity index (χ0) is 11.1. The number of hydrogen-bond donors (Lipinski definition) is 2. The fourth-order valence-corrected chi connectivity index (χ4v) is 1.86. The van der Waals surface area contributed by atoms with Gasteiger partial charge in [-0.25, -0.2) is 0 Å². The molecule has 0 atom stereocenters. The van der Waals surface area contributed by atoms with Gasteiger partial charge in [0.05, 0.1) is 0 Å². The zero-order valence-corrected chi connectivity index (χ0v) is 11.0. The molecule has 0 bridgehead atoms. The van der Waals surface area contributed by atoms with Gasteiger partial charge in [-0.2, -0.15) is 0 Å². The first kappa shape index (κ1) is 15.5. The number of carbonyl (C=O) groups is 1. The molecule has 0 aromatic heterocycles. The molecule has 1 amide bonds. The van der Waals surface area contributed by atoms with Crippen LogP contribution in [0.15, 0.2) is 11.6 Å². The minimum atomic E-state index is 0. The van der Waals surface area contributed by atoms with E-state index in [2.05, 4.69) is 10.6 Å². The predicted molar refractivity (Wildman–Crippen MR) is 69.9 cm³/mol. The number of nitrogens with one attached hydrogen (secondary N) is 2. The fraction of sp³-hybridized carbons (Fsp3) is 0.750. The second kappa shape index (κ2) is 8.59. The molecule has 4 heteroatoms. The van der Waals surface area contributed by atoms with E-state index >= 15 is 0 Å². The third-order valence-electron chi connectivity index (χ3n) is 2.88. The van der Waals surface area contributed by atoms with Gasteiger partial charge in [0.2, 0.25) is 5.91 Å². The highest BCUT2D eigenvalue weighted by Gasteiger charge is 2.13. The van der Waals surface area contributed by atoms with E-state index < -0.39 is 0 Å². The van der Waals surface area contributed by atoms with Crippen LogP contribution < -0.4 is 10.6 Å². The Morgan fingerprint density at radius 1 is 1.44 bits per heavy atom. The Kier molecular flexibility index (Phi) is 8.30. The van der Waals surface area contributed by atoms with Crippen molar-refractivity contribution < 1.29 is 4.79 Å². The molecule has 1 saturated heterocycles. The van der Waals surface area contributed by atoms with Crippen LogP contribution in [0.2, 0.25) is 0 Å². The number of carbonyl (C=O) groups excluding carboxylic acids is 1. The van der Waals surface area contributed by atoms with Crippen molar-refractivity contribution in [3.63, 3.8) is 0 Å². The van der Waals surface area contributed by atoms with Crippen molar-refractivity contribution in [2.75, 3.05) is 19.6 Å². The summed E-state index contributed by atoms with van der Waals surface area (Å²) in [7, 11) is 0. The summed E-state index contributed by atoms with van der Waals surface area (Å²) in [5.74, 6) is 0.750. The van der Waals surface area contributed by atoms with Crippen LogP contribution >= 0.6 is 12.4 Å². The van der Waals surface area contributed by atoms with E-state index in [0.717, 1.165) is 31.6 Å². The van der Waals surface area contributed by atoms with Crippen LogP contribution in [0.3, 0.4) is 0 Å². The van der Waals surface area contributed by atoms with Crippen molar-refractivity contribution >= 4 is 18.3 Å². The summed E-state index contributed by atoms with van der Waals surface area (Å²) in [6, 6.07) is 0. The Labute approximate surface area is 104 Å². The van der Waals surface area contributed by atoms with Gasteiger partial charge in [-0.1, -0.05) is 13.0 Å². The van der Waals surface area contributed by atoms with Crippen molar-refractivity contribution in [1.29, 1.82) is 0 Å². The highest BCUT2D eigenvalue weighted by Crippen LogP contribution is 2.10. The Bertz CT molecular complexity index is 235. The second-order valence-corrected chi connectivity index (χ2v) is 4.20. The largest absolute Gasteiger partial charge is 0.352 e. The van der Waals surface area contributed by atoms with Crippen molar-refractivity contribution in [2.45, 2.75) is 33.1 Å². The first-order valence-electron chi connectivity index (χ1n) is 5.89. The molecule has 16 heavy (non-hydrogen) atoms. The standard InChI is InChI=1S/C12H22N2O.ClH/c1-3-4-10(2)12(15)14-9-11-5-7-13-8-6-11;/h4,11,13H,3,5-9H2,1-2H3,(H,14,15);1H/b10-4-;. The van der Waals surface area contributed by atoms with Gasteiger partial charge in [0.25, 0.3) is 0 Å². The monoisotopic (exact) mass is 246 g/mol. The first-order chi connectivity index (χ1) is 7.24. The SMILES string of the molecule is CC/C=C(/C)C(=O)NCC1CCNCC1.Cl. The Hall–Kier alpha value is -0.540. The molecule has 1 heterocycles. The molecule has 0 unspecified atom stereocenters. The molecule has 0 aromatic rings. The van der Waals surface area contributed by atoms with Gasteiger partial charge < -0.3 is 10.6 Å². The van der Waals surface area contributed by atoms with E-state index in [1.165, 1.54) is 12.8 Å². The van der Waals surface area contributed by atoms with E-state index in [4.69, 9.17) is 0 Å². The van der Waals surface area contributed by atoms with Gasteiger partial charge in [-0.05, 0) is 45.2 Å². The molecule has 1 aliphatic heterocycles. The molecule has 1 rings (SSSR count). The lowest BCUT2D eigenvalue weighted by molar-refractivity contribution is -0.117. The molecule has 1 aliphatic rings. The average molecular weight is 247 g/mol. The highest BCUT2D eigenvalue weighted by molar-refractivity contribution is 5.92. The minimum Gasteiger partial charge on any atom is -0.352 e. The second-order valence-electron chi connectivity index (χ2n) is 4.20. The quantitative estimate of drug-likeness (QED) is 0.744. The predicted octanol–water partition coefficient (Wildman–Crippen LogP) is 1.88.